The highest BCUT2D eigenvalue weighted by Gasteiger charge is 2.46. The van der Waals surface area contributed by atoms with E-state index in [2.05, 4.69) is 0 Å². The Bertz CT molecular complexity index is 650. The van der Waals surface area contributed by atoms with Crippen molar-refractivity contribution in [3.8, 4) is 5.75 Å². The molecule has 0 bridgehead atoms. The zero-order chi connectivity index (χ0) is 17.2. The lowest BCUT2D eigenvalue weighted by Gasteiger charge is -2.41. The Hall–Kier alpha value is -2.37. The van der Waals surface area contributed by atoms with Crippen LogP contribution >= 0.6 is 0 Å². The Morgan fingerprint density at radius 1 is 1.22 bits per heavy atom. The molecule has 23 heavy (non-hydrogen) atoms. The van der Waals surface area contributed by atoms with Gasteiger partial charge in [0.15, 0.2) is 11.4 Å². The van der Waals surface area contributed by atoms with Crippen LogP contribution in [0.15, 0.2) is 18.2 Å². The van der Waals surface area contributed by atoms with Crippen LogP contribution in [0.1, 0.15) is 50.4 Å². The van der Waals surface area contributed by atoms with Gasteiger partial charge in [-0.3, -0.25) is 19.3 Å². The van der Waals surface area contributed by atoms with Gasteiger partial charge in [-0.25, -0.2) is 0 Å². The van der Waals surface area contributed by atoms with Crippen molar-refractivity contribution in [2.24, 2.45) is 5.73 Å². The van der Waals surface area contributed by atoms with E-state index < -0.39 is 11.5 Å². The van der Waals surface area contributed by atoms with Crippen LogP contribution in [0.5, 0.6) is 5.75 Å². The van der Waals surface area contributed by atoms with E-state index in [9.17, 15) is 14.4 Å². The molecule has 2 amide bonds. The molecule has 124 valence electrons. The number of nitrogens with two attached hydrogens (primary N) is 1. The van der Waals surface area contributed by atoms with Crippen LogP contribution < -0.4 is 15.4 Å². The zero-order valence-electron chi connectivity index (χ0n) is 13.7. The van der Waals surface area contributed by atoms with E-state index in [1.807, 2.05) is 13.8 Å². The van der Waals surface area contributed by atoms with E-state index in [0.29, 0.717) is 36.3 Å². The average molecular weight is 318 g/mol. The first-order chi connectivity index (χ1) is 10.9. The normalized spacial score (nSPS) is 15.8. The lowest BCUT2D eigenvalue weighted by atomic mass is 9.92. The van der Waals surface area contributed by atoms with E-state index >= 15 is 0 Å². The highest BCUT2D eigenvalue weighted by atomic mass is 16.5. The van der Waals surface area contributed by atoms with Gasteiger partial charge in [-0.2, -0.15) is 0 Å². The maximum atomic E-state index is 12.9. The Labute approximate surface area is 135 Å². The second-order valence-electron chi connectivity index (χ2n) is 5.62. The van der Waals surface area contributed by atoms with E-state index in [1.54, 1.807) is 25.1 Å². The maximum absolute atomic E-state index is 12.9. The molecule has 0 saturated carbocycles. The second kappa shape index (κ2) is 6.40. The van der Waals surface area contributed by atoms with Crippen LogP contribution in [0, 0.1) is 0 Å². The molecule has 1 aliphatic heterocycles. The Balaban J connectivity index is 2.57. The van der Waals surface area contributed by atoms with Gasteiger partial charge >= 0.3 is 0 Å². The SMILES string of the molecule is CCC(=O)c1ccc2c(c1)N(CC(N)=O)C(=O)C(CC)(CC)O2. The molecular formula is C17H22N2O4. The predicted octanol–water partition coefficient (Wildman–Crippen LogP) is 2.05. The van der Waals surface area contributed by atoms with Crippen molar-refractivity contribution in [3.63, 3.8) is 0 Å². The number of amides is 2. The highest BCUT2D eigenvalue weighted by molar-refractivity contribution is 6.07. The van der Waals surface area contributed by atoms with E-state index in [-0.39, 0.29) is 18.2 Å². The highest BCUT2D eigenvalue weighted by Crippen LogP contribution is 2.41. The van der Waals surface area contributed by atoms with Gasteiger partial charge in [-0.05, 0) is 31.0 Å². The molecule has 2 rings (SSSR count). The maximum Gasteiger partial charge on any atom is 0.271 e. The van der Waals surface area contributed by atoms with Gasteiger partial charge in [0.1, 0.15) is 12.3 Å². The number of ether oxygens (including phenoxy) is 1. The van der Waals surface area contributed by atoms with Crippen molar-refractivity contribution in [1.82, 2.24) is 0 Å². The third-order valence-electron chi connectivity index (χ3n) is 4.29. The van der Waals surface area contributed by atoms with Crippen LogP contribution in [-0.4, -0.2) is 29.7 Å². The molecule has 6 nitrogen and oxygen atoms in total. The van der Waals surface area contributed by atoms with Crippen LogP contribution in [0.2, 0.25) is 0 Å². The van der Waals surface area contributed by atoms with Crippen molar-refractivity contribution in [2.45, 2.75) is 45.6 Å². The molecule has 1 aromatic rings. The molecule has 6 heteroatoms. The first-order valence-corrected chi connectivity index (χ1v) is 7.85. The third-order valence-corrected chi connectivity index (χ3v) is 4.29. The minimum atomic E-state index is -1.00. The molecule has 2 N–H and O–H groups in total. The molecule has 1 aromatic carbocycles. The van der Waals surface area contributed by atoms with Gasteiger partial charge in [0.2, 0.25) is 5.91 Å². The van der Waals surface area contributed by atoms with Gasteiger partial charge in [-0.1, -0.05) is 20.8 Å². The smallest absolute Gasteiger partial charge is 0.271 e. The lowest BCUT2D eigenvalue weighted by molar-refractivity contribution is -0.137. The molecule has 0 radical (unpaired) electrons. The summed E-state index contributed by atoms with van der Waals surface area (Å²) in [5, 5.41) is 0. The number of carbonyl (C=O) groups excluding carboxylic acids is 3. The minimum absolute atomic E-state index is 0.0397. The standard InChI is InChI=1S/C17H22N2O4/c1-4-13(20)11-7-8-14-12(9-11)19(10-15(18)21)16(22)17(5-2,6-3)23-14/h7-9H,4-6,10H2,1-3H3,(H2,18,21). The number of primary amides is 1. The van der Waals surface area contributed by atoms with Crippen LogP contribution in [-0.2, 0) is 9.59 Å². The van der Waals surface area contributed by atoms with E-state index in [0.717, 1.165) is 0 Å². The van der Waals surface area contributed by atoms with Gasteiger partial charge in [0.05, 0.1) is 5.69 Å². The predicted molar refractivity (Wildman–Crippen MR) is 86.6 cm³/mol. The number of ketones is 1. The Morgan fingerprint density at radius 2 is 1.87 bits per heavy atom. The van der Waals surface area contributed by atoms with Gasteiger partial charge in [0.25, 0.3) is 5.91 Å². The van der Waals surface area contributed by atoms with Crippen LogP contribution in [0.4, 0.5) is 5.69 Å². The molecule has 0 atom stereocenters. The van der Waals surface area contributed by atoms with Crippen molar-refractivity contribution in [2.75, 3.05) is 11.4 Å². The van der Waals surface area contributed by atoms with Crippen molar-refractivity contribution in [1.29, 1.82) is 0 Å². The monoisotopic (exact) mass is 318 g/mol. The molecule has 0 aromatic heterocycles. The number of anilines is 1. The molecule has 0 aliphatic carbocycles. The van der Waals surface area contributed by atoms with Gasteiger partial charge in [-0.15, -0.1) is 0 Å². The molecule has 1 heterocycles. The first-order valence-electron chi connectivity index (χ1n) is 7.85. The van der Waals surface area contributed by atoms with E-state index in [4.69, 9.17) is 10.5 Å². The molecule has 0 fully saturated rings. The summed E-state index contributed by atoms with van der Waals surface area (Å²) in [5.74, 6) is -0.460. The number of nitrogens with zero attached hydrogens (tertiary/aromatic N) is 1. The number of Topliss-reactive ketones (excluding diaryl/α,β-unsaturated/α-hetero) is 1. The van der Waals surface area contributed by atoms with Gasteiger partial charge in [0, 0.05) is 12.0 Å². The topological polar surface area (TPSA) is 89.7 Å². The summed E-state index contributed by atoms with van der Waals surface area (Å²) < 4.78 is 5.96. The molecular weight excluding hydrogens is 296 g/mol. The summed E-state index contributed by atoms with van der Waals surface area (Å²) in [4.78, 5) is 37.5. The van der Waals surface area contributed by atoms with Gasteiger partial charge < -0.3 is 10.5 Å². The average Bonchev–Trinajstić information content (AvgIpc) is 2.56. The number of carbonyl (C=O) groups is 3. The summed E-state index contributed by atoms with van der Waals surface area (Å²) in [5.41, 5.74) is 5.20. The number of benzene rings is 1. The molecule has 0 saturated heterocycles. The number of fused-ring (bicyclic) bond motifs is 1. The summed E-state index contributed by atoms with van der Waals surface area (Å²) in [7, 11) is 0. The molecule has 0 unspecified atom stereocenters. The van der Waals surface area contributed by atoms with Crippen LogP contribution in [0.25, 0.3) is 0 Å². The molecule has 1 aliphatic rings. The Kier molecular flexibility index (Phi) is 4.73. The van der Waals surface area contributed by atoms with Crippen molar-refractivity contribution in [3.05, 3.63) is 23.8 Å². The largest absolute Gasteiger partial charge is 0.475 e. The van der Waals surface area contributed by atoms with E-state index in [1.165, 1.54) is 4.90 Å². The fourth-order valence-electron chi connectivity index (χ4n) is 2.81. The zero-order valence-corrected chi connectivity index (χ0v) is 13.7. The van der Waals surface area contributed by atoms with Crippen LogP contribution in [0.3, 0.4) is 0 Å². The second-order valence-corrected chi connectivity index (χ2v) is 5.62. The summed E-state index contributed by atoms with van der Waals surface area (Å²) >= 11 is 0. The lowest BCUT2D eigenvalue weighted by Crippen LogP contribution is -2.57. The summed E-state index contributed by atoms with van der Waals surface area (Å²) in [6.45, 7) is 5.26. The quantitative estimate of drug-likeness (QED) is 0.813. The third kappa shape index (κ3) is 2.93. The van der Waals surface area contributed by atoms with Crippen molar-refractivity contribution >= 4 is 23.3 Å². The number of rotatable bonds is 6. The molecule has 0 spiro atoms. The fraction of sp³-hybridized carbons (Fsp3) is 0.471. The minimum Gasteiger partial charge on any atom is -0.475 e. The first kappa shape index (κ1) is 17.0. The fourth-order valence-corrected chi connectivity index (χ4v) is 2.81. The summed E-state index contributed by atoms with van der Waals surface area (Å²) in [6.07, 6.45) is 1.32. The van der Waals surface area contributed by atoms with Crippen molar-refractivity contribution < 1.29 is 19.1 Å². The summed E-state index contributed by atoms with van der Waals surface area (Å²) in [6, 6.07) is 4.95. The number of hydrogen-bond acceptors (Lipinski definition) is 4. The Morgan fingerprint density at radius 3 is 2.39 bits per heavy atom. The number of hydrogen-bond donors (Lipinski definition) is 1.